The number of esters is 1. The molecule has 0 atom stereocenters. The molecule has 0 N–H and O–H groups in total. The number of hydrogen-bond acceptors (Lipinski definition) is 6. The molecule has 0 aliphatic heterocycles. The van der Waals surface area contributed by atoms with Gasteiger partial charge in [-0.25, -0.2) is 4.57 Å². The van der Waals surface area contributed by atoms with E-state index in [4.69, 9.17) is 18.3 Å². The summed E-state index contributed by atoms with van der Waals surface area (Å²) in [4.78, 5) is 12.5. The fourth-order valence-corrected chi connectivity index (χ4v) is 5.27. The van der Waals surface area contributed by atoms with Gasteiger partial charge in [-0.15, -0.1) is 0 Å². The van der Waals surface area contributed by atoms with E-state index >= 15 is 0 Å². The summed E-state index contributed by atoms with van der Waals surface area (Å²) in [6, 6.07) is 3.72. The van der Waals surface area contributed by atoms with Crippen LogP contribution in [0.5, 0.6) is 5.75 Å². The number of benzene rings is 1. The summed E-state index contributed by atoms with van der Waals surface area (Å²) < 4.78 is 37.2. The summed E-state index contributed by atoms with van der Waals surface area (Å²) in [6.45, 7) is 24.6. The first kappa shape index (κ1) is 29.7. The number of ether oxygens (including phenoxy) is 1. The zero-order valence-electron chi connectivity index (χ0n) is 23.0. The number of carbonyl (C=O) groups excluding carboxylic acids is 1. The second-order valence-corrected chi connectivity index (χ2v) is 13.7. The molecule has 1 aromatic rings. The minimum Gasteiger partial charge on any atom is -0.460 e. The maximum atomic E-state index is 13.9. The molecule has 0 heterocycles. The zero-order valence-corrected chi connectivity index (χ0v) is 23.9. The van der Waals surface area contributed by atoms with Crippen LogP contribution in [-0.4, -0.2) is 22.8 Å². The van der Waals surface area contributed by atoms with Gasteiger partial charge >= 0.3 is 13.8 Å². The van der Waals surface area contributed by atoms with Gasteiger partial charge in [-0.3, -0.25) is 13.8 Å². The Bertz CT molecular complexity index is 862. The molecule has 0 amide bonds. The highest BCUT2D eigenvalue weighted by atomic mass is 31.2. The van der Waals surface area contributed by atoms with E-state index < -0.39 is 24.6 Å². The van der Waals surface area contributed by atoms with Crippen molar-refractivity contribution in [1.29, 1.82) is 0 Å². The molecule has 0 aliphatic rings. The van der Waals surface area contributed by atoms with Gasteiger partial charge in [0.25, 0.3) is 0 Å². The topological polar surface area (TPSA) is 71.1 Å². The zero-order chi connectivity index (χ0) is 26.0. The maximum absolute atomic E-state index is 13.9. The van der Waals surface area contributed by atoms with Crippen molar-refractivity contribution in [1.82, 2.24) is 0 Å². The monoisotopic (exact) mass is 484 g/mol. The fourth-order valence-electron chi connectivity index (χ4n) is 3.44. The minimum atomic E-state index is -4.01. The van der Waals surface area contributed by atoms with Crippen LogP contribution >= 0.6 is 7.82 Å². The van der Waals surface area contributed by atoms with Gasteiger partial charge in [-0.1, -0.05) is 26.8 Å². The number of carbonyl (C=O) groups is 1. The predicted octanol–water partition coefficient (Wildman–Crippen LogP) is 7.68. The Balaban J connectivity index is 3.59. The van der Waals surface area contributed by atoms with E-state index in [-0.39, 0.29) is 17.8 Å². The van der Waals surface area contributed by atoms with Crippen LogP contribution in [0.2, 0.25) is 0 Å². The van der Waals surface area contributed by atoms with Gasteiger partial charge in [-0.05, 0) is 98.3 Å². The molecule has 0 aliphatic carbocycles. The van der Waals surface area contributed by atoms with E-state index in [1.807, 2.05) is 33.8 Å². The van der Waals surface area contributed by atoms with Gasteiger partial charge in [0.15, 0.2) is 0 Å². The third-order valence-electron chi connectivity index (χ3n) is 4.67. The van der Waals surface area contributed by atoms with Crippen molar-refractivity contribution in [3.63, 3.8) is 0 Å². The largest absolute Gasteiger partial charge is 0.531 e. The first-order chi connectivity index (χ1) is 14.6. The maximum Gasteiger partial charge on any atom is 0.531 e. The minimum absolute atomic E-state index is 0.0753. The van der Waals surface area contributed by atoms with Crippen LogP contribution in [0.4, 0.5) is 0 Å². The molecule has 7 heteroatoms. The van der Waals surface area contributed by atoms with Crippen LogP contribution < -0.4 is 4.52 Å². The normalized spacial score (nSPS) is 13.7. The highest BCUT2D eigenvalue weighted by molar-refractivity contribution is 7.49. The van der Waals surface area contributed by atoms with E-state index in [9.17, 15) is 9.36 Å². The molecule has 0 radical (unpaired) electrons. The molecule has 0 spiro atoms. The second-order valence-electron chi connectivity index (χ2n) is 12.2. The van der Waals surface area contributed by atoms with Crippen LogP contribution in [0, 0.1) is 6.92 Å². The molecule has 0 saturated carbocycles. The molecule has 1 aromatic carbocycles. The second kappa shape index (κ2) is 10.1. The van der Waals surface area contributed by atoms with Crippen LogP contribution in [0.25, 0.3) is 0 Å². The first-order valence-corrected chi connectivity index (χ1v) is 13.1. The van der Waals surface area contributed by atoms with Crippen LogP contribution in [-0.2, 0) is 35.0 Å². The summed E-state index contributed by atoms with van der Waals surface area (Å²) in [6.07, 6.45) is 0.909. The number of phosphoric ester groups is 1. The molecule has 190 valence electrons. The summed E-state index contributed by atoms with van der Waals surface area (Å²) >= 11 is 0. The number of phosphoric acid groups is 1. The van der Waals surface area contributed by atoms with Crippen molar-refractivity contribution in [3.8, 4) is 5.75 Å². The average molecular weight is 485 g/mol. The molecular formula is C26H45O6P. The summed E-state index contributed by atoms with van der Waals surface area (Å²) in [7, 11) is -4.01. The Labute approximate surface area is 201 Å². The Morgan fingerprint density at radius 1 is 0.848 bits per heavy atom. The first-order valence-electron chi connectivity index (χ1n) is 11.6. The van der Waals surface area contributed by atoms with Gasteiger partial charge in [0.1, 0.15) is 11.4 Å². The summed E-state index contributed by atoms with van der Waals surface area (Å²) in [5.74, 6) is 0.0626. The van der Waals surface area contributed by atoms with E-state index in [1.54, 1.807) is 47.6 Å². The molecule has 0 unspecified atom stereocenters. The van der Waals surface area contributed by atoms with Crippen molar-refractivity contribution in [2.75, 3.05) is 0 Å². The highest BCUT2D eigenvalue weighted by Gasteiger charge is 2.40. The lowest BCUT2D eigenvalue weighted by molar-refractivity contribution is -0.153. The lowest BCUT2D eigenvalue weighted by Gasteiger charge is -2.34. The smallest absolute Gasteiger partial charge is 0.460 e. The molecule has 0 saturated heterocycles. The van der Waals surface area contributed by atoms with Gasteiger partial charge < -0.3 is 9.26 Å². The number of aryl methyl sites for hydroxylation is 1. The molecule has 0 bridgehead atoms. The van der Waals surface area contributed by atoms with E-state index in [0.29, 0.717) is 11.3 Å². The third-order valence-corrected chi connectivity index (χ3v) is 6.63. The van der Waals surface area contributed by atoms with E-state index in [1.165, 1.54) is 0 Å². The number of rotatable bonds is 8. The summed E-state index contributed by atoms with van der Waals surface area (Å²) in [5, 5.41) is 0. The van der Waals surface area contributed by atoms with Gasteiger partial charge in [-0.2, -0.15) is 0 Å². The molecule has 33 heavy (non-hydrogen) atoms. The van der Waals surface area contributed by atoms with Crippen molar-refractivity contribution < 1.29 is 27.7 Å². The quantitative estimate of drug-likeness (QED) is 0.278. The van der Waals surface area contributed by atoms with Gasteiger partial charge in [0, 0.05) is 5.56 Å². The van der Waals surface area contributed by atoms with E-state index in [2.05, 4.69) is 20.8 Å². The van der Waals surface area contributed by atoms with Gasteiger partial charge in [0.05, 0.1) is 17.6 Å². The number of hydrogen-bond donors (Lipinski definition) is 0. The van der Waals surface area contributed by atoms with Crippen molar-refractivity contribution in [2.24, 2.45) is 0 Å². The molecular weight excluding hydrogens is 439 g/mol. The molecule has 6 nitrogen and oxygen atoms in total. The molecule has 0 fully saturated rings. The van der Waals surface area contributed by atoms with Crippen LogP contribution in [0.15, 0.2) is 12.1 Å². The third kappa shape index (κ3) is 10.2. The van der Waals surface area contributed by atoms with Crippen molar-refractivity contribution in [3.05, 3.63) is 28.8 Å². The Morgan fingerprint density at radius 3 is 1.73 bits per heavy atom. The Kier molecular flexibility index (Phi) is 9.08. The Hall–Kier alpha value is -1.36. The lowest BCUT2D eigenvalue weighted by atomic mass is 9.78. The lowest BCUT2D eigenvalue weighted by Crippen LogP contribution is -2.27. The molecule has 0 aromatic heterocycles. The van der Waals surface area contributed by atoms with Crippen molar-refractivity contribution >= 4 is 13.8 Å². The van der Waals surface area contributed by atoms with Gasteiger partial charge in [0.2, 0.25) is 0 Å². The predicted molar refractivity (Wildman–Crippen MR) is 134 cm³/mol. The highest BCUT2D eigenvalue weighted by Crippen LogP contribution is 2.56. The average Bonchev–Trinajstić information content (AvgIpc) is 2.47. The van der Waals surface area contributed by atoms with Crippen LogP contribution in [0.1, 0.15) is 106 Å². The van der Waals surface area contributed by atoms with Crippen molar-refractivity contribution in [2.45, 2.75) is 125 Å². The SMILES string of the molecule is CCC(C)(C)c1c(C)cc(CC(=O)OC(C)(C)C)cc1OP(=O)(OC(C)(C)C)OC(C)(C)C. The fraction of sp³-hybridized carbons (Fsp3) is 0.731. The van der Waals surface area contributed by atoms with E-state index in [0.717, 1.165) is 17.5 Å². The Morgan fingerprint density at radius 2 is 1.33 bits per heavy atom. The standard InChI is InChI=1S/C26H45O6P/c1-14-26(12,13)22-18(2)15-19(17-21(27)29-23(3,4)5)16-20(22)30-33(28,31-24(6,7)8)32-25(9,10)11/h15-16H,14,17H2,1-13H3. The summed E-state index contributed by atoms with van der Waals surface area (Å²) in [5.41, 5.74) is 0.203. The molecule has 1 rings (SSSR count). The van der Waals surface area contributed by atoms with Crippen LogP contribution in [0.3, 0.4) is 0 Å².